The fourth-order valence-electron chi connectivity index (χ4n) is 1.99. The molecule has 2 amide bonds. The van der Waals surface area contributed by atoms with Crippen molar-refractivity contribution in [2.75, 3.05) is 5.32 Å². The highest BCUT2D eigenvalue weighted by molar-refractivity contribution is 8.15. The molecule has 0 radical (unpaired) electrons. The van der Waals surface area contributed by atoms with Crippen molar-refractivity contribution in [3.05, 3.63) is 54.5 Å². The number of nitrogens with zero attached hydrogens (tertiary/aromatic N) is 2. The van der Waals surface area contributed by atoms with Crippen LogP contribution in [-0.2, 0) is 9.59 Å². The first-order chi connectivity index (χ1) is 11.7. The summed E-state index contributed by atoms with van der Waals surface area (Å²) in [7, 11) is 0. The first kappa shape index (κ1) is 16.0. The highest BCUT2D eigenvalue weighted by Crippen LogP contribution is 2.22. The van der Waals surface area contributed by atoms with Crippen LogP contribution in [0.15, 0.2) is 63.3 Å². The van der Waals surface area contributed by atoms with Crippen LogP contribution >= 0.6 is 11.8 Å². The van der Waals surface area contributed by atoms with Crippen molar-refractivity contribution in [3.63, 3.8) is 0 Å². The lowest BCUT2D eigenvalue weighted by Gasteiger charge is -2.21. The maximum absolute atomic E-state index is 12.3. The van der Waals surface area contributed by atoms with Crippen LogP contribution in [0, 0.1) is 0 Å². The molecule has 1 aliphatic rings. The molecule has 24 heavy (non-hydrogen) atoms. The Morgan fingerprint density at radius 1 is 1.29 bits per heavy atom. The van der Waals surface area contributed by atoms with E-state index in [-0.39, 0.29) is 23.4 Å². The molecule has 7 nitrogen and oxygen atoms in total. The normalized spacial score (nSPS) is 19.4. The van der Waals surface area contributed by atoms with Gasteiger partial charge in [-0.1, -0.05) is 30.0 Å². The van der Waals surface area contributed by atoms with Gasteiger partial charge in [-0.2, -0.15) is 5.10 Å². The second-order valence-corrected chi connectivity index (χ2v) is 6.07. The molecule has 1 saturated heterocycles. The highest BCUT2D eigenvalue weighted by Gasteiger charge is 2.30. The number of rotatable bonds is 4. The van der Waals surface area contributed by atoms with Crippen LogP contribution < -0.4 is 10.6 Å². The first-order valence-corrected chi connectivity index (χ1v) is 8.05. The van der Waals surface area contributed by atoms with Gasteiger partial charge in [0, 0.05) is 12.1 Å². The van der Waals surface area contributed by atoms with E-state index in [1.54, 1.807) is 24.3 Å². The number of amides is 2. The number of hydrogen-bond donors (Lipinski definition) is 2. The summed E-state index contributed by atoms with van der Waals surface area (Å²) < 4.78 is 5.09. The molecule has 1 aromatic carbocycles. The Morgan fingerprint density at radius 3 is 2.88 bits per heavy atom. The molecule has 2 aromatic rings. The van der Waals surface area contributed by atoms with Gasteiger partial charge in [-0.15, -0.1) is 5.10 Å². The Balaban J connectivity index is 1.64. The number of furan rings is 1. The third-order valence-corrected chi connectivity index (χ3v) is 4.15. The number of amidine groups is 1. The maximum Gasteiger partial charge on any atom is 0.238 e. The molecule has 2 heterocycles. The number of para-hydroxylation sites is 1. The van der Waals surface area contributed by atoms with Crippen LogP contribution in [0.25, 0.3) is 0 Å². The van der Waals surface area contributed by atoms with E-state index in [9.17, 15) is 9.59 Å². The summed E-state index contributed by atoms with van der Waals surface area (Å²) in [6.45, 7) is 0. The standard InChI is InChI=1S/C16H14N4O3S/c21-14-9-13(15(22)18-11-5-2-1-3-6-11)24-16(19-14)20-17-10-12-7-4-8-23-12/h1-8,10,13H,9H2,(H,18,22)(H,19,20,21)/b17-10-. The number of nitrogens with one attached hydrogen (secondary N) is 2. The van der Waals surface area contributed by atoms with Crippen molar-refractivity contribution in [1.29, 1.82) is 0 Å². The minimum atomic E-state index is -0.559. The molecule has 1 aliphatic heterocycles. The Morgan fingerprint density at radius 2 is 2.12 bits per heavy atom. The number of carbonyl (C=O) groups excluding carboxylic acids is 2. The van der Waals surface area contributed by atoms with E-state index >= 15 is 0 Å². The minimum Gasteiger partial charge on any atom is -0.463 e. The number of benzene rings is 1. The van der Waals surface area contributed by atoms with E-state index in [4.69, 9.17) is 4.42 Å². The number of hydrogen-bond acceptors (Lipinski definition) is 6. The second-order valence-electron chi connectivity index (χ2n) is 4.88. The Hall–Kier alpha value is -2.87. The minimum absolute atomic E-state index is 0.0876. The highest BCUT2D eigenvalue weighted by atomic mass is 32.2. The summed E-state index contributed by atoms with van der Waals surface area (Å²) in [6, 6.07) is 12.5. The van der Waals surface area contributed by atoms with Crippen molar-refractivity contribution in [1.82, 2.24) is 5.32 Å². The van der Waals surface area contributed by atoms with E-state index in [1.165, 1.54) is 12.5 Å². The van der Waals surface area contributed by atoms with E-state index in [0.717, 1.165) is 11.8 Å². The predicted octanol–water partition coefficient (Wildman–Crippen LogP) is 2.23. The lowest BCUT2D eigenvalue weighted by Crippen LogP contribution is -2.41. The van der Waals surface area contributed by atoms with Gasteiger partial charge in [-0.25, -0.2) is 0 Å². The summed E-state index contributed by atoms with van der Waals surface area (Å²) in [5, 5.41) is 12.9. The molecule has 2 N–H and O–H groups in total. The largest absolute Gasteiger partial charge is 0.463 e. The monoisotopic (exact) mass is 342 g/mol. The summed E-state index contributed by atoms with van der Waals surface area (Å²) in [6.07, 6.45) is 3.03. The van der Waals surface area contributed by atoms with Crippen LogP contribution in [0.2, 0.25) is 0 Å². The van der Waals surface area contributed by atoms with Gasteiger partial charge in [0.2, 0.25) is 11.8 Å². The first-order valence-electron chi connectivity index (χ1n) is 7.17. The molecule has 3 rings (SSSR count). The van der Waals surface area contributed by atoms with Crippen molar-refractivity contribution >= 4 is 40.6 Å². The Bertz CT molecular complexity index is 772. The molecule has 1 unspecified atom stereocenters. The Kier molecular flexibility index (Phi) is 5.07. The second kappa shape index (κ2) is 7.60. The van der Waals surface area contributed by atoms with Gasteiger partial charge in [0.15, 0.2) is 5.17 Å². The number of anilines is 1. The van der Waals surface area contributed by atoms with E-state index in [0.29, 0.717) is 11.4 Å². The third kappa shape index (κ3) is 4.32. The molecule has 1 fully saturated rings. The van der Waals surface area contributed by atoms with Gasteiger partial charge >= 0.3 is 0 Å². The van der Waals surface area contributed by atoms with Crippen LogP contribution in [0.4, 0.5) is 5.69 Å². The SMILES string of the molecule is O=C1CC(C(=O)Nc2ccccc2)S/C(=N/N=C\c2ccco2)N1. The van der Waals surface area contributed by atoms with Crippen molar-refractivity contribution in [2.24, 2.45) is 10.2 Å². The zero-order chi connectivity index (χ0) is 16.8. The van der Waals surface area contributed by atoms with Gasteiger partial charge in [0.05, 0.1) is 12.5 Å². The molecule has 0 spiro atoms. The summed E-state index contributed by atoms with van der Waals surface area (Å²) in [5.41, 5.74) is 0.684. The number of carbonyl (C=O) groups is 2. The van der Waals surface area contributed by atoms with Crippen molar-refractivity contribution in [3.8, 4) is 0 Å². The quantitative estimate of drug-likeness (QED) is 0.658. The molecular weight excluding hydrogens is 328 g/mol. The van der Waals surface area contributed by atoms with Gasteiger partial charge in [-0.3, -0.25) is 9.59 Å². The van der Waals surface area contributed by atoms with E-state index < -0.39 is 5.25 Å². The zero-order valence-corrected chi connectivity index (χ0v) is 13.3. The van der Waals surface area contributed by atoms with Crippen LogP contribution in [0.5, 0.6) is 0 Å². The number of thioether (sulfide) groups is 1. The van der Waals surface area contributed by atoms with Gasteiger partial charge in [0.1, 0.15) is 11.0 Å². The average Bonchev–Trinajstić information content (AvgIpc) is 3.09. The lowest BCUT2D eigenvalue weighted by atomic mass is 10.2. The third-order valence-electron chi connectivity index (χ3n) is 3.08. The fourth-order valence-corrected chi connectivity index (χ4v) is 2.92. The Labute approximate surface area is 142 Å². The average molecular weight is 342 g/mol. The summed E-state index contributed by atoms with van der Waals surface area (Å²) in [4.78, 5) is 24.1. The topological polar surface area (TPSA) is 96.1 Å². The van der Waals surface area contributed by atoms with Crippen LogP contribution in [0.1, 0.15) is 12.2 Å². The van der Waals surface area contributed by atoms with E-state index in [2.05, 4.69) is 20.8 Å². The van der Waals surface area contributed by atoms with Crippen molar-refractivity contribution in [2.45, 2.75) is 11.7 Å². The fraction of sp³-hybridized carbons (Fsp3) is 0.125. The zero-order valence-electron chi connectivity index (χ0n) is 12.5. The molecule has 0 aliphatic carbocycles. The van der Waals surface area contributed by atoms with Crippen LogP contribution in [0.3, 0.4) is 0 Å². The van der Waals surface area contributed by atoms with Gasteiger partial charge in [0.25, 0.3) is 0 Å². The smallest absolute Gasteiger partial charge is 0.238 e. The molecular formula is C16H14N4O3S. The van der Waals surface area contributed by atoms with Gasteiger partial charge in [-0.05, 0) is 24.3 Å². The molecule has 122 valence electrons. The molecule has 1 atom stereocenters. The molecule has 0 saturated carbocycles. The van der Waals surface area contributed by atoms with Gasteiger partial charge < -0.3 is 15.1 Å². The summed E-state index contributed by atoms with van der Waals surface area (Å²) in [5.74, 6) is 0.0301. The lowest BCUT2D eigenvalue weighted by molar-refractivity contribution is -0.123. The van der Waals surface area contributed by atoms with Crippen LogP contribution in [-0.4, -0.2) is 28.4 Å². The molecule has 0 bridgehead atoms. The molecule has 8 heteroatoms. The predicted molar refractivity (Wildman–Crippen MR) is 92.9 cm³/mol. The summed E-state index contributed by atoms with van der Waals surface area (Å²) >= 11 is 1.16. The van der Waals surface area contributed by atoms with E-state index in [1.807, 2.05) is 18.2 Å². The molecule has 1 aromatic heterocycles. The van der Waals surface area contributed by atoms with Crippen molar-refractivity contribution < 1.29 is 14.0 Å². The maximum atomic E-state index is 12.3.